The van der Waals surface area contributed by atoms with Crippen LogP contribution in [-0.4, -0.2) is 162 Å². The first-order valence-electron chi connectivity index (χ1n) is 23.5. The third kappa shape index (κ3) is 1.36. The van der Waals surface area contributed by atoms with Crippen LogP contribution < -0.4 is 0 Å². The van der Waals surface area contributed by atoms with Gasteiger partial charge in [-0.15, -0.1) is 0 Å². The van der Waals surface area contributed by atoms with Gasteiger partial charge in [0.25, 0.3) is 0 Å². The van der Waals surface area contributed by atoms with Gasteiger partial charge in [0, 0.05) is 107 Å². The Labute approximate surface area is 329 Å². The first kappa shape index (κ1) is 29.0. The van der Waals surface area contributed by atoms with Gasteiger partial charge in [0.2, 0.25) is 0 Å². The lowest BCUT2D eigenvalue weighted by molar-refractivity contribution is -0.678. The van der Waals surface area contributed by atoms with Crippen LogP contribution in [0.25, 0.3) is 0 Å². The molecule has 1 aliphatic heterocycles. The largest absolute Gasteiger partial charge is 0.383 e. The van der Waals surface area contributed by atoms with Crippen LogP contribution in [0.3, 0.4) is 0 Å². The van der Waals surface area contributed by atoms with Crippen molar-refractivity contribution in [2.45, 2.75) is 78.4 Å². The Morgan fingerprint density at radius 3 is 0.638 bits per heavy atom. The first-order valence-corrected chi connectivity index (χ1v) is 23.5. The summed E-state index contributed by atoms with van der Waals surface area (Å²) in [6.07, 6.45) is 0. The van der Waals surface area contributed by atoms with E-state index >= 15 is 0 Å². The molecule has 0 bridgehead atoms. The molecule has 0 aromatic carbocycles. The van der Waals surface area contributed by atoms with Crippen LogP contribution in [0.5, 0.6) is 0 Å². The number of ether oxygens (including phenoxy) is 8. The molecule has 23 aliphatic rings. The summed E-state index contributed by atoms with van der Waals surface area (Å²) < 4.78 is 55.1. The zero-order chi connectivity index (χ0) is 37.0. The van der Waals surface area contributed by atoms with Gasteiger partial charge in [-0.3, -0.25) is 0 Å². The number of rotatable bonds is 0. The summed E-state index contributed by atoms with van der Waals surface area (Å²) >= 11 is 0. The van der Waals surface area contributed by atoms with Crippen LogP contribution in [0.4, 0.5) is 0 Å². The molecule has 14 heteroatoms. The summed E-state index contributed by atoms with van der Waals surface area (Å²) in [5.41, 5.74) is -15.1. The van der Waals surface area contributed by atoms with Crippen LogP contribution in [0, 0.1) is 130 Å². The molecule has 8 spiro atoms. The van der Waals surface area contributed by atoms with Gasteiger partial charge in [0.15, 0.2) is 0 Å². The number of aliphatic hydroxyl groups is 6. The molecule has 1 saturated heterocycles. The molecule has 24 unspecified atom stereocenters. The van der Waals surface area contributed by atoms with Crippen molar-refractivity contribution in [1.29, 1.82) is 0 Å². The lowest BCUT2D eigenvalue weighted by atomic mass is 8.97. The van der Waals surface area contributed by atoms with Crippen LogP contribution >= 0.6 is 0 Å². The van der Waals surface area contributed by atoms with E-state index in [1.165, 1.54) is 0 Å². The fraction of sp³-hybridized carbons (Fsp3) is 1.00. The Hall–Kier alpha value is -0.560. The molecule has 23 rings (SSSR count). The molecule has 24 atom stereocenters. The smallest absolute Gasteiger partial charge is 0.136 e. The molecule has 0 radical (unpaired) electrons. The highest BCUT2D eigenvalue weighted by molar-refractivity contribution is 5.75. The van der Waals surface area contributed by atoms with Crippen molar-refractivity contribution in [3.8, 4) is 0 Å². The van der Waals surface area contributed by atoms with Crippen LogP contribution in [-0.2, 0) is 37.9 Å². The van der Waals surface area contributed by atoms with Gasteiger partial charge in [-0.25, -0.2) is 0 Å². The van der Waals surface area contributed by atoms with Crippen LogP contribution in [0.15, 0.2) is 0 Å². The van der Waals surface area contributed by atoms with Crippen molar-refractivity contribution in [2.75, 3.05) is 52.9 Å². The zero-order valence-corrected chi connectivity index (χ0v) is 31.3. The third-order valence-electron chi connectivity index (χ3n) is 28.3. The maximum atomic E-state index is 12.3. The van der Waals surface area contributed by atoms with Gasteiger partial charge in [-0.1, -0.05) is 0 Å². The van der Waals surface area contributed by atoms with Gasteiger partial charge in [-0.05, 0) is 23.7 Å². The molecular weight excluding hydrogens is 752 g/mol. The lowest BCUT2D eigenvalue weighted by Crippen LogP contribution is -3.17. The van der Waals surface area contributed by atoms with Crippen molar-refractivity contribution < 1.29 is 68.5 Å². The van der Waals surface area contributed by atoms with E-state index in [0.29, 0.717) is 73.8 Å². The Kier molecular flexibility index (Phi) is 3.17. The van der Waals surface area contributed by atoms with E-state index in [9.17, 15) is 30.6 Å². The number of hydrogen-bond donors (Lipinski definition) is 6. The predicted molar refractivity (Wildman–Crippen MR) is 176 cm³/mol. The summed E-state index contributed by atoms with van der Waals surface area (Å²) in [5, 5.41) is 73.5. The van der Waals surface area contributed by atoms with Crippen LogP contribution in [0.1, 0.15) is 0 Å². The predicted octanol–water partition coefficient (Wildman–Crippen LogP) is -3.71. The maximum absolute atomic E-state index is 12.3. The van der Waals surface area contributed by atoms with Gasteiger partial charge >= 0.3 is 0 Å². The molecule has 23 fully saturated rings. The lowest BCUT2D eigenvalue weighted by Gasteiger charge is -3.09. The molecular formula is C44H44O14. The highest BCUT2D eigenvalue weighted by Crippen LogP contribution is 3.10. The number of hydrogen-bond acceptors (Lipinski definition) is 14. The topological polar surface area (TPSA) is 195 Å². The minimum absolute atomic E-state index is 0.0459. The van der Waals surface area contributed by atoms with Gasteiger partial charge in [0.05, 0.1) is 52.9 Å². The highest BCUT2D eigenvalue weighted by Gasteiger charge is 3.26. The summed E-state index contributed by atoms with van der Waals surface area (Å²) in [6, 6.07) is 0. The van der Waals surface area contributed by atoms with E-state index in [1.807, 2.05) is 0 Å². The highest BCUT2D eigenvalue weighted by atomic mass is 16.7. The van der Waals surface area contributed by atoms with E-state index in [1.54, 1.807) is 0 Å². The van der Waals surface area contributed by atoms with Gasteiger partial charge in [-0.2, -0.15) is 0 Å². The average molecular weight is 797 g/mol. The average Bonchev–Trinajstić information content (AvgIpc) is 3.54. The van der Waals surface area contributed by atoms with Crippen LogP contribution in [0.2, 0.25) is 0 Å². The fourth-order valence-corrected chi connectivity index (χ4v) is 29.1. The normalized spacial score (nSPS) is 94.2. The van der Waals surface area contributed by atoms with Gasteiger partial charge < -0.3 is 68.5 Å². The monoisotopic (exact) mass is 796 g/mol. The second-order valence-corrected chi connectivity index (χ2v) is 25.3. The van der Waals surface area contributed by atoms with E-state index < -0.39 is 56.0 Å². The van der Waals surface area contributed by atoms with E-state index in [0.717, 1.165) is 23.7 Å². The second-order valence-electron chi connectivity index (χ2n) is 25.3. The molecule has 304 valence electrons. The number of fused-ring (bicyclic) bond motifs is 20. The molecule has 22 saturated carbocycles. The Balaban J connectivity index is 0.607. The summed E-state index contributed by atoms with van der Waals surface area (Å²) in [4.78, 5) is 0. The van der Waals surface area contributed by atoms with E-state index in [4.69, 9.17) is 37.9 Å². The Bertz CT molecular complexity index is 2120. The van der Waals surface area contributed by atoms with Gasteiger partial charge in [0.1, 0.15) is 78.4 Å². The minimum atomic E-state index is -1.59. The van der Waals surface area contributed by atoms with Crippen molar-refractivity contribution in [2.24, 2.45) is 130 Å². The second kappa shape index (κ2) is 6.34. The summed E-state index contributed by atoms with van der Waals surface area (Å²) in [6.45, 7) is 2.32. The summed E-state index contributed by atoms with van der Waals surface area (Å²) in [7, 11) is 0. The van der Waals surface area contributed by atoms with Crippen molar-refractivity contribution >= 4 is 0 Å². The molecule has 58 heavy (non-hydrogen) atoms. The Morgan fingerprint density at radius 2 is 0.414 bits per heavy atom. The molecule has 0 aromatic rings. The molecule has 0 amide bonds. The molecule has 6 N–H and O–H groups in total. The molecule has 0 aromatic heterocycles. The van der Waals surface area contributed by atoms with E-state index in [2.05, 4.69) is 0 Å². The standard InChI is InChI=1S/C44H44O14/c45-35-21-23-27-28-24(21)38(35,48)42(28)41(27,37(23,35)47)55-5-1-51-31-13-9-10-15(13)32(31,16(10)14(9)31)52-2-6-57-43-29-25-22-26-30(29)44(43,40(26,50)36(22,46)39(25,43)49)58-8-4-54-34-19-12-11-17(19)33(34,18(11)20(12)34)53-3-7-56-42/h9-30,45-50H,1-8H2. The fourth-order valence-electron chi connectivity index (χ4n) is 29.1. The third-order valence-corrected chi connectivity index (χ3v) is 28.3. The SMILES string of the molecule is OC12C3C4C5C6C3C1(O)C61OCCOC36C7C8C9C7C3(OCCOC37C%10C%11C%12C%13C%10C3(OCCOC3%10C%14C%15C%16C%14C3(OCCOC51C42O)C%16C%15%10)C%13(O)C%12(O)C%117O)C9C86. The van der Waals surface area contributed by atoms with Crippen molar-refractivity contribution in [3.05, 3.63) is 0 Å². The molecule has 22 aliphatic carbocycles. The minimum Gasteiger partial charge on any atom is -0.383 e. The first-order chi connectivity index (χ1) is 28.0. The van der Waals surface area contributed by atoms with Crippen molar-refractivity contribution in [1.82, 2.24) is 0 Å². The summed E-state index contributed by atoms with van der Waals surface area (Å²) in [5.74, 6) is 7.02. The van der Waals surface area contributed by atoms with Crippen molar-refractivity contribution in [3.63, 3.8) is 0 Å². The Morgan fingerprint density at radius 1 is 0.224 bits per heavy atom. The van der Waals surface area contributed by atoms with E-state index in [-0.39, 0.29) is 108 Å². The maximum Gasteiger partial charge on any atom is 0.136 e. The zero-order valence-electron chi connectivity index (χ0n) is 31.3. The quantitative estimate of drug-likeness (QED) is 0.140. The molecule has 1 heterocycles. The molecule has 14 nitrogen and oxygen atoms in total.